The number of hydrogen-bond acceptors (Lipinski definition) is 5. The summed E-state index contributed by atoms with van der Waals surface area (Å²) < 4.78 is 6.02. The first-order valence-electron chi connectivity index (χ1n) is 11.6. The van der Waals surface area contributed by atoms with Crippen LogP contribution in [0.15, 0.2) is 67.1 Å². The van der Waals surface area contributed by atoms with Gasteiger partial charge < -0.3 is 24.8 Å². The number of anilines is 2. The smallest absolute Gasteiger partial charge is 0.322 e. The third-order valence-electron chi connectivity index (χ3n) is 6.12. The van der Waals surface area contributed by atoms with Crippen molar-refractivity contribution < 1.29 is 9.53 Å². The second-order valence-electron chi connectivity index (χ2n) is 8.79. The average Bonchev–Trinajstić information content (AvgIpc) is 3.25. The van der Waals surface area contributed by atoms with Crippen LogP contribution >= 0.6 is 0 Å². The summed E-state index contributed by atoms with van der Waals surface area (Å²) in [6.07, 6.45) is 6.34. The van der Waals surface area contributed by atoms with E-state index < -0.39 is 0 Å². The van der Waals surface area contributed by atoms with E-state index in [1.54, 1.807) is 11.2 Å². The summed E-state index contributed by atoms with van der Waals surface area (Å²) in [6, 6.07) is 15.2. The van der Waals surface area contributed by atoms with Crippen LogP contribution in [0, 0.1) is 6.92 Å². The lowest BCUT2D eigenvalue weighted by Gasteiger charge is -2.26. The zero-order valence-corrected chi connectivity index (χ0v) is 20.1. The molecule has 0 fully saturated rings. The van der Waals surface area contributed by atoms with Gasteiger partial charge in [-0.25, -0.2) is 14.8 Å². The van der Waals surface area contributed by atoms with Crippen molar-refractivity contribution in [3.8, 4) is 11.5 Å². The molecule has 2 aromatic carbocycles. The molecule has 0 saturated carbocycles. The van der Waals surface area contributed by atoms with Gasteiger partial charge in [0.1, 0.15) is 23.5 Å². The summed E-state index contributed by atoms with van der Waals surface area (Å²) in [5.41, 5.74) is 5.78. The van der Waals surface area contributed by atoms with Gasteiger partial charge in [0.05, 0.1) is 5.69 Å². The predicted molar refractivity (Wildman–Crippen MR) is 139 cm³/mol. The first-order valence-corrected chi connectivity index (χ1v) is 11.6. The van der Waals surface area contributed by atoms with Gasteiger partial charge in [-0.05, 0) is 48.7 Å². The molecule has 4 aromatic rings. The molecule has 0 bridgehead atoms. The number of H-pyrrole nitrogens is 1. The van der Waals surface area contributed by atoms with Crippen LogP contribution in [0.25, 0.3) is 16.6 Å². The number of ether oxygens (including phenoxy) is 1. The van der Waals surface area contributed by atoms with Crippen LogP contribution in [0.2, 0.25) is 0 Å². The highest BCUT2D eigenvalue weighted by Crippen LogP contribution is 2.29. The fourth-order valence-corrected chi connectivity index (χ4v) is 4.23. The fraction of sp³-hybridized carbons (Fsp3) is 0.222. The van der Waals surface area contributed by atoms with Gasteiger partial charge in [0.25, 0.3) is 0 Å². The molecule has 0 aliphatic carbocycles. The third-order valence-corrected chi connectivity index (χ3v) is 6.12. The van der Waals surface area contributed by atoms with Gasteiger partial charge in [0.15, 0.2) is 0 Å². The number of urea groups is 1. The Bertz CT molecular complexity index is 1410. The van der Waals surface area contributed by atoms with Gasteiger partial charge in [-0.15, -0.1) is 0 Å². The molecule has 0 radical (unpaired) electrons. The van der Waals surface area contributed by atoms with Crippen LogP contribution < -0.4 is 15.0 Å². The standard InChI is InChI=1S/C27H28N6O2/c1-18-16-28-26-24(18)25(29-17-30-26)19-10-12-33(13-11-19)27(34)31-20-6-4-8-22(14-20)35-23-9-5-7-21(15-23)32(2)3/h4-10,14-17H,11-13H2,1-3H3,(H,31,34)(H,28,29,30). The molecule has 178 valence electrons. The lowest BCUT2D eigenvalue weighted by Crippen LogP contribution is -2.37. The number of rotatable bonds is 5. The van der Waals surface area contributed by atoms with Crippen molar-refractivity contribution in [2.24, 2.45) is 0 Å². The van der Waals surface area contributed by atoms with Crippen LogP contribution in [0.4, 0.5) is 16.2 Å². The van der Waals surface area contributed by atoms with E-state index in [9.17, 15) is 4.79 Å². The molecule has 2 amide bonds. The molecule has 35 heavy (non-hydrogen) atoms. The average molecular weight is 469 g/mol. The minimum Gasteiger partial charge on any atom is -0.457 e. The van der Waals surface area contributed by atoms with Crippen molar-refractivity contribution in [1.29, 1.82) is 0 Å². The number of aryl methyl sites for hydroxylation is 1. The molecule has 0 spiro atoms. The molecular formula is C27H28N6O2. The Morgan fingerprint density at radius 1 is 1.11 bits per heavy atom. The zero-order valence-electron chi connectivity index (χ0n) is 20.1. The molecule has 2 aromatic heterocycles. The van der Waals surface area contributed by atoms with Crippen LogP contribution in [-0.2, 0) is 0 Å². The largest absolute Gasteiger partial charge is 0.457 e. The predicted octanol–water partition coefficient (Wildman–Crippen LogP) is 5.45. The van der Waals surface area contributed by atoms with Crippen molar-refractivity contribution in [3.05, 3.63) is 78.4 Å². The van der Waals surface area contributed by atoms with E-state index in [2.05, 4.69) is 26.3 Å². The van der Waals surface area contributed by atoms with Crippen molar-refractivity contribution in [2.75, 3.05) is 37.4 Å². The summed E-state index contributed by atoms with van der Waals surface area (Å²) in [6.45, 7) is 3.18. The molecule has 1 aliphatic rings. The topological polar surface area (TPSA) is 86.4 Å². The molecule has 1 aliphatic heterocycles. The summed E-state index contributed by atoms with van der Waals surface area (Å²) in [7, 11) is 3.98. The molecule has 0 saturated heterocycles. The van der Waals surface area contributed by atoms with Gasteiger partial charge in [-0.2, -0.15) is 0 Å². The lowest BCUT2D eigenvalue weighted by molar-refractivity contribution is 0.217. The van der Waals surface area contributed by atoms with Gasteiger partial charge in [0, 0.05) is 62.3 Å². The monoisotopic (exact) mass is 468 g/mol. The molecule has 5 rings (SSSR count). The molecule has 3 heterocycles. The summed E-state index contributed by atoms with van der Waals surface area (Å²) >= 11 is 0. The highest BCUT2D eigenvalue weighted by atomic mass is 16.5. The van der Waals surface area contributed by atoms with E-state index in [4.69, 9.17) is 4.74 Å². The number of aromatic nitrogens is 3. The van der Waals surface area contributed by atoms with Crippen LogP contribution in [0.5, 0.6) is 11.5 Å². The number of carbonyl (C=O) groups is 1. The Hall–Kier alpha value is -4.33. The Morgan fingerprint density at radius 2 is 1.91 bits per heavy atom. The maximum absolute atomic E-state index is 12.9. The second-order valence-corrected chi connectivity index (χ2v) is 8.79. The van der Waals surface area contributed by atoms with Crippen molar-refractivity contribution in [1.82, 2.24) is 19.9 Å². The van der Waals surface area contributed by atoms with Gasteiger partial charge in [0.2, 0.25) is 0 Å². The van der Waals surface area contributed by atoms with Gasteiger partial charge >= 0.3 is 6.03 Å². The zero-order chi connectivity index (χ0) is 24.4. The van der Waals surface area contributed by atoms with E-state index >= 15 is 0 Å². The van der Waals surface area contributed by atoms with E-state index in [1.807, 2.05) is 80.6 Å². The number of nitrogens with one attached hydrogen (secondary N) is 2. The summed E-state index contributed by atoms with van der Waals surface area (Å²) in [5.74, 6) is 1.40. The number of amides is 2. The van der Waals surface area contributed by atoms with E-state index in [-0.39, 0.29) is 6.03 Å². The van der Waals surface area contributed by atoms with Gasteiger partial charge in [-0.1, -0.05) is 18.2 Å². The van der Waals surface area contributed by atoms with Gasteiger partial charge in [-0.3, -0.25) is 0 Å². The number of benzene rings is 2. The molecule has 8 nitrogen and oxygen atoms in total. The van der Waals surface area contributed by atoms with Crippen LogP contribution in [-0.4, -0.2) is 53.1 Å². The van der Waals surface area contributed by atoms with Crippen molar-refractivity contribution >= 4 is 34.0 Å². The number of carbonyl (C=O) groups excluding carboxylic acids is 1. The summed E-state index contributed by atoms with van der Waals surface area (Å²) in [5, 5.41) is 4.04. The molecule has 0 atom stereocenters. The lowest BCUT2D eigenvalue weighted by atomic mass is 10.0. The third kappa shape index (κ3) is 4.82. The summed E-state index contributed by atoms with van der Waals surface area (Å²) in [4.78, 5) is 28.8. The minimum absolute atomic E-state index is 0.141. The quantitative estimate of drug-likeness (QED) is 0.407. The van der Waals surface area contributed by atoms with E-state index in [1.165, 1.54) is 0 Å². The Morgan fingerprint density at radius 3 is 2.69 bits per heavy atom. The minimum atomic E-state index is -0.141. The number of hydrogen-bond donors (Lipinski definition) is 2. The van der Waals surface area contributed by atoms with E-state index in [0.29, 0.717) is 24.5 Å². The van der Waals surface area contributed by atoms with Crippen molar-refractivity contribution in [3.63, 3.8) is 0 Å². The highest BCUT2D eigenvalue weighted by Gasteiger charge is 2.21. The molecular weight excluding hydrogens is 440 g/mol. The number of fused-ring (bicyclic) bond motifs is 1. The van der Waals surface area contributed by atoms with Crippen LogP contribution in [0.3, 0.4) is 0 Å². The molecule has 0 unspecified atom stereocenters. The Kier molecular flexibility index (Phi) is 6.10. The second kappa shape index (κ2) is 9.50. The Balaban J connectivity index is 1.25. The molecule has 2 N–H and O–H groups in total. The van der Waals surface area contributed by atoms with Crippen LogP contribution in [0.1, 0.15) is 17.7 Å². The maximum Gasteiger partial charge on any atom is 0.322 e. The normalized spacial score (nSPS) is 13.5. The molecule has 8 heteroatoms. The number of nitrogens with zero attached hydrogens (tertiary/aromatic N) is 4. The first-order chi connectivity index (χ1) is 17.0. The maximum atomic E-state index is 12.9. The van der Waals surface area contributed by atoms with E-state index in [0.717, 1.165) is 45.7 Å². The highest BCUT2D eigenvalue weighted by molar-refractivity contribution is 5.93. The Labute approximate surface area is 204 Å². The number of aromatic amines is 1. The fourth-order valence-electron chi connectivity index (χ4n) is 4.23. The first kappa shape index (κ1) is 22.5. The SMILES string of the molecule is Cc1c[nH]c2ncnc(C3=CCN(C(=O)Nc4cccc(Oc5cccc(N(C)C)c5)c4)CC3)c12. The van der Waals surface area contributed by atoms with Crippen molar-refractivity contribution in [2.45, 2.75) is 13.3 Å².